The molecule has 1 aliphatic heterocycles. The summed E-state index contributed by atoms with van der Waals surface area (Å²) in [6.07, 6.45) is 8.46. The Morgan fingerprint density at radius 2 is 1.86 bits per heavy atom. The number of carbonyl (C=O) groups is 1. The molecule has 1 aliphatic rings. The average molecular weight is 296 g/mol. The first-order chi connectivity index (χ1) is 10.8. The van der Waals surface area contributed by atoms with Gasteiger partial charge >= 0.3 is 0 Å². The van der Waals surface area contributed by atoms with Crippen LogP contribution < -0.4 is 5.32 Å². The van der Waals surface area contributed by atoms with Crippen molar-refractivity contribution >= 4 is 11.6 Å². The highest BCUT2D eigenvalue weighted by molar-refractivity contribution is 6.02. The summed E-state index contributed by atoms with van der Waals surface area (Å²) in [5, 5.41) is 2.83. The molecule has 0 bridgehead atoms. The molecule has 3 rings (SSSR count). The fourth-order valence-corrected chi connectivity index (χ4v) is 2.68. The molecular formula is C17H20N4O. The Labute approximate surface area is 130 Å². The lowest BCUT2D eigenvalue weighted by molar-refractivity contribution is 0.102. The van der Waals surface area contributed by atoms with Gasteiger partial charge in [0.25, 0.3) is 5.91 Å². The van der Waals surface area contributed by atoms with Gasteiger partial charge in [-0.3, -0.25) is 14.7 Å². The molecule has 0 radical (unpaired) electrons. The number of rotatable bonds is 4. The fraction of sp³-hybridized carbons (Fsp3) is 0.353. The second-order valence-corrected chi connectivity index (χ2v) is 5.58. The first-order valence-electron chi connectivity index (χ1n) is 7.70. The molecule has 0 saturated carbocycles. The molecule has 0 atom stereocenters. The van der Waals surface area contributed by atoms with E-state index in [2.05, 4.69) is 32.3 Å². The Morgan fingerprint density at radius 1 is 1.09 bits per heavy atom. The molecule has 1 N–H and O–H groups in total. The molecule has 5 nitrogen and oxygen atoms in total. The predicted molar refractivity (Wildman–Crippen MR) is 85.6 cm³/mol. The molecule has 1 amide bonds. The minimum atomic E-state index is -0.239. The van der Waals surface area contributed by atoms with E-state index in [1.165, 1.54) is 50.3 Å². The van der Waals surface area contributed by atoms with E-state index in [0.717, 1.165) is 12.2 Å². The molecule has 22 heavy (non-hydrogen) atoms. The van der Waals surface area contributed by atoms with Gasteiger partial charge in [-0.05, 0) is 43.6 Å². The van der Waals surface area contributed by atoms with Crippen LogP contribution in [0.25, 0.3) is 0 Å². The number of carbonyl (C=O) groups excluding carboxylic acids is 1. The SMILES string of the molecule is O=C(Nc1ccc(CN2CCCCC2)cc1)c1cnccn1. The molecule has 0 unspecified atom stereocenters. The molecule has 1 fully saturated rings. The van der Waals surface area contributed by atoms with Crippen molar-refractivity contribution in [1.29, 1.82) is 0 Å². The van der Waals surface area contributed by atoms with Gasteiger partial charge < -0.3 is 5.32 Å². The van der Waals surface area contributed by atoms with E-state index in [0.29, 0.717) is 5.69 Å². The van der Waals surface area contributed by atoms with E-state index in [4.69, 9.17) is 0 Å². The number of hydrogen-bond donors (Lipinski definition) is 1. The lowest BCUT2D eigenvalue weighted by Crippen LogP contribution is -2.29. The summed E-state index contributed by atoms with van der Waals surface area (Å²) >= 11 is 0. The van der Waals surface area contributed by atoms with Crippen LogP contribution in [0.5, 0.6) is 0 Å². The van der Waals surface area contributed by atoms with Crippen LogP contribution in [-0.4, -0.2) is 33.9 Å². The number of hydrogen-bond acceptors (Lipinski definition) is 4. The third kappa shape index (κ3) is 3.89. The summed E-state index contributed by atoms with van der Waals surface area (Å²) in [6.45, 7) is 3.36. The normalized spacial score (nSPS) is 15.5. The van der Waals surface area contributed by atoms with Crippen LogP contribution in [0, 0.1) is 0 Å². The lowest BCUT2D eigenvalue weighted by Gasteiger charge is -2.26. The molecule has 1 aromatic carbocycles. The Balaban J connectivity index is 1.58. The van der Waals surface area contributed by atoms with Crippen molar-refractivity contribution in [3.63, 3.8) is 0 Å². The van der Waals surface area contributed by atoms with Crippen LogP contribution in [0.2, 0.25) is 0 Å². The molecule has 1 aromatic heterocycles. The largest absolute Gasteiger partial charge is 0.321 e. The number of benzene rings is 1. The molecule has 0 spiro atoms. The molecule has 2 aromatic rings. The molecule has 5 heteroatoms. The van der Waals surface area contributed by atoms with Crippen molar-refractivity contribution in [2.45, 2.75) is 25.8 Å². The molecule has 0 aliphatic carbocycles. The monoisotopic (exact) mass is 296 g/mol. The minimum absolute atomic E-state index is 0.239. The Hall–Kier alpha value is -2.27. The Morgan fingerprint density at radius 3 is 2.55 bits per heavy atom. The predicted octanol–water partition coefficient (Wildman–Crippen LogP) is 2.71. The number of likely N-dealkylation sites (tertiary alicyclic amines) is 1. The standard InChI is InChI=1S/C17H20N4O/c22-17(16-12-18-8-9-19-16)20-15-6-4-14(5-7-15)13-21-10-2-1-3-11-21/h4-9,12H,1-3,10-11,13H2,(H,20,22). The molecule has 2 heterocycles. The van der Waals surface area contributed by atoms with Crippen LogP contribution in [-0.2, 0) is 6.54 Å². The van der Waals surface area contributed by atoms with Gasteiger partial charge in [-0.15, -0.1) is 0 Å². The molecular weight excluding hydrogens is 276 g/mol. The van der Waals surface area contributed by atoms with Crippen molar-refractivity contribution in [2.24, 2.45) is 0 Å². The third-order valence-electron chi connectivity index (χ3n) is 3.86. The van der Waals surface area contributed by atoms with Crippen molar-refractivity contribution in [2.75, 3.05) is 18.4 Å². The van der Waals surface area contributed by atoms with Crippen LogP contribution >= 0.6 is 0 Å². The molecule has 1 saturated heterocycles. The summed E-state index contributed by atoms with van der Waals surface area (Å²) in [5.41, 5.74) is 2.37. The maximum atomic E-state index is 12.0. The third-order valence-corrected chi connectivity index (χ3v) is 3.86. The average Bonchev–Trinajstić information content (AvgIpc) is 2.58. The fourth-order valence-electron chi connectivity index (χ4n) is 2.68. The summed E-state index contributed by atoms with van der Waals surface area (Å²) < 4.78 is 0. The summed E-state index contributed by atoms with van der Waals surface area (Å²) in [4.78, 5) is 22.4. The van der Waals surface area contributed by atoms with Crippen LogP contribution in [0.15, 0.2) is 42.9 Å². The number of amides is 1. The highest BCUT2D eigenvalue weighted by Gasteiger charge is 2.11. The zero-order valence-electron chi connectivity index (χ0n) is 12.5. The van der Waals surface area contributed by atoms with E-state index in [-0.39, 0.29) is 5.91 Å². The zero-order chi connectivity index (χ0) is 15.2. The molecule has 114 valence electrons. The number of piperidine rings is 1. The Kier molecular flexibility index (Phi) is 4.75. The highest BCUT2D eigenvalue weighted by atomic mass is 16.1. The maximum Gasteiger partial charge on any atom is 0.275 e. The van der Waals surface area contributed by atoms with Gasteiger partial charge in [0.1, 0.15) is 5.69 Å². The minimum Gasteiger partial charge on any atom is -0.321 e. The number of nitrogens with zero attached hydrogens (tertiary/aromatic N) is 3. The van der Waals surface area contributed by atoms with Gasteiger partial charge in [0, 0.05) is 24.6 Å². The quantitative estimate of drug-likeness (QED) is 0.942. The van der Waals surface area contributed by atoms with Gasteiger partial charge in [0.2, 0.25) is 0 Å². The smallest absolute Gasteiger partial charge is 0.275 e. The van der Waals surface area contributed by atoms with Crippen molar-refractivity contribution in [1.82, 2.24) is 14.9 Å². The van der Waals surface area contributed by atoms with Crippen molar-refractivity contribution < 1.29 is 4.79 Å². The lowest BCUT2D eigenvalue weighted by atomic mass is 10.1. The van der Waals surface area contributed by atoms with E-state index in [1.54, 1.807) is 6.20 Å². The van der Waals surface area contributed by atoms with Crippen LogP contribution in [0.3, 0.4) is 0 Å². The van der Waals surface area contributed by atoms with E-state index < -0.39 is 0 Å². The van der Waals surface area contributed by atoms with E-state index in [1.807, 2.05) is 12.1 Å². The summed E-state index contributed by atoms with van der Waals surface area (Å²) in [5.74, 6) is -0.239. The first-order valence-corrected chi connectivity index (χ1v) is 7.70. The summed E-state index contributed by atoms with van der Waals surface area (Å²) in [7, 11) is 0. The van der Waals surface area contributed by atoms with Gasteiger partial charge in [-0.1, -0.05) is 18.6 Å². The number of anilines is 1. The van der Waals surface area contributed by atoms with E-state index >= 15 is 0 Å². The van der Waals surface area contributed by atoms with E-state index in [9.17, 15) is 4.79 Å². The van der Waals surface area contributed by atoms with Gasteiger partial charge in [0.15, 0.2) is 0 Å². The second kappa shape index (κ2) is 7.13. The maximum absolute atomic E-state index is 12.0. The van der Waals surface area contributed by atoms with Crippen molar-refractivity contribution in [3.05, 3.63) is 54.1 Å². The van der Waals surface area contributed by atoms with Gasteiger partial charge in [0.05, 0.1) is 6.20 Å². The second-order valence-electron chi connectivity index (χ2n) is 5.58. The summed E-state index contributed by atoms with van der Waals surface area (Å²) in [6, 6.07) is 8.02. The van der Waals surface area contributed by atoms with Gasteiger partial charge in [-0.2, -0.15) is 0 Å². The zero-order valence-corrected chi connectivity index (χ0v) is 12.5. The van der Waals surface area contributed by atoms with Crippen molar-refractivity contribution in [3.8, 4) is 0 Å². The first kappa shape index (κ1) is 14.7. The number of nitrogens with one attached hydrogen (secondary N) is 1. The van der Waals surface area contributed by atoms with Crippen LogP contribution in [0.1, 0.15) is 35.3 Å². The van der Waals surface area contributed by atoms with Gasteiger partial charge in [-0.25, -0.2) is 4.98 Å². The van der Waals surface area contributed by atoms with Crippen LogP contribution in [0.4, 0.5) is 5.69 Å². The number of aromatic nitrogens is 2. The Bertz CT molecular complexity index is 606. The highest BCUT2D eigenvalue weighted by Crippen LogP contribution is 2.15. The topological polar surface area (TPSA) is 58.1 Å².